The lowest BCUT2D eigenvalue weighted by Crippen LogP contribution is -2.32. The van der Waals surface area contributed by atoms with E-state index in [1.54, 1.807) is 0 Å². The lowest BCUT2D eigenvalue weighted by Gasteiger charge is -2.27. The summed E-state index contributed by atoms with van der Waals surface area (Å²) in [5.41, 5.74) is 2.85. The maximum absolute atomic E-state index is 11.9. The van der Waals surface area contributed by atoms with E-state index in [4.69, 9.17) is 0 Å². The normalized spacial score (nSPS) is 11.1. The van der Waals surface area contributed by atoms with Crippen molar-refractivity contribution in [3.63, 3.8) is 0 Å². The van der Waals surface area contributed by atoms with E-state index in [0.29, 0.717) is 30.7 Å². The van der Waals surface area contributed by atoms with Crippen LogP contribution in [0.25, 0.3) is 0 Å². The number of nitrogens with zero attached hydrogens (tertiary/aromatic N) is 4. The number of aromatic nitrogens is 2. The Morgan fingerprint density at radius 2 is 1.59 bits per heavy atom. The molecule has 0 saturated heterocycles. The monoisotopic (exact) mass is 371 g/mol. The summed E-state index contributed by atoms with van der Waals surface area (Å²) in [5.74, 6) is 1.29. The first kappa shape index (κ1) is 20.6. The van der Waals surface area contributed by atoms with Gasteiger partial charge < -0.3 is 10.2 Å². The molecule has 0 aliphatic heterocycles. The first-order chi connectivity index (χ1) is 12.7. The van der Waals surface area contributed by atoms with Crippen LogP contribution < -0.4 is 10.2 Å². The van der Waals surface area contributed by atoms with E-state index < -0.39 is 4.92 Å². The number of anilines is 3. The maximum Gasteiger partial charge on any atom is 0.353 e. The van der Waals surface area contributed by atoms with Crippen molar-refractivity contribution in [1.29, 1.82) is 0 Å². The molecule has 7 heteroatoms. The van der Waals surface area contributed by atoms with Crippen LogP contribution in [0.2, 0.25) is 0 Å². The van der Waals surface area contributed by atoms with Gasteiger partial charge in [0.1, 0.15) is 6.33 Å². The summed E-state index contributed by atoms with van der Waals surface area (Å²) >= 11 is 0. The first-order valence-corrected chi connectivity index (χ1v) is 9.27. The molecule has 27 heavy (non-hydrogen) atoms. The van der Waals surface area contributed by atoms with Gasteiger partial charge in [-0.2, -0.15) is 0 Å². The van der Waals surface area contributed by atoms with Gasteiger partial charge in [0, 0.05) is 18.8 Å². The van der Waals surface area contributed by atoms with Gasteiger partial charge in [-0.15, -0.1) is 0 Å². The fraction of sp³-hybridized carbons (Fsp3) is 0.500. The van der Waals surface area contributed by atoms with Crippen molar-refractivity contribution < 1.29 is 4.92 Å². The molecule has 7 nitrogen and oxygen atoms in total. The van der Waals surface area contributed by atoms with E-state index in [-0.39, 0.29) is 11.5 Å². The van der Waals surface area contributed by atoms with Crippen LogP contribution in [-0.4, -0.2) is 28.0 Å². The predicted octanol–water partition coefficient (Wildman–Crippen LogP) is 4.86. The fourth-order valence-electron chi connectivity index (χ4n) is 3.17. The van der Waals surface area contributed by atoms with Crippen molar-refractivity contribution in [2.75, 3.05) is 23.3 Å². The van der Waals surface area contributed by atoms with Gasteiger partial charge in [0.2, 0.25) is 11.6 Å². The number of rotatable bonds is 8. The van der Waals surface area contributed by atoms with Crippen LogP contribution >= 0.6 is 0 Å². The highest BCUT2D eigenvalue weighted by Gasteiger charge is 2.28. The zero-order chi connectivity index (χ0) is 20.1. The Hall–Kier alpha value is -2.70. The third-order valence-corrected chi connectivity index (χ3v) is 3.94. The number of aryl methyl sites for hydroxylation is 2. The van der Waals surface area contributed by atoms with E-state index in [2.05, 4.69) is 49.0 Å². The van der Waals surface area contributed by atoms with Gasteiger partial charge in [-0.05, 0) is 48.9 Å². The molecule has 0 unspecified atom stereocenters. The molecule has 1 N–H and O–H groups in total. The van der Waals surface area contributed by atoms with Crippen LogP contribution in [0, 0.1) is 35.8 Å². The van der Waals surface area contributed by atoms with Gasteiger partial charge in [-0.25, -0.2) is 9.97 Å². The molecule has 0 aliphatic rings. The summed E-state index contributed by atoms with van der Waals surface area (Å²) in [6, 6.07) is 5.94. The van der Waals surface area contributed by atoms with Crippen molar-refractivity contribution in [1.82, 2.24) is 9.97 Å². The van der Waals surface area contributed by atoms with E-state index >= 15 is 0 Å². The molecule has 1 aromatic carbocycles. The van der Waals surface area contributed by atoms with Gasteiger partial charge in [-0.3, -0.25) is 10.1 Å². The number of hydrogen-bond donors (Lipinski definition) is 1. The second-order valence-corrected chi connectivity index (χ2v) is 7.85. The van der Waals surface area contributed by atoms with E-state index in [1.807, 2.05) is 30.9 Å². The Balaban J connectivity index is 2.50. The Kier molecular flexibility index (Phi) is 6.71. The molecule has 146 valence electrons. The number of nitrogens with one attached hydrogen (secondary N) is 1. The van der Waals surface area contributed by atoms with Crippen LogP contribution in [0.4, 0.5) is 23.0 Å². The van der Waals surface area contributed by atoms with Crippen molar-refractivity contribution in [2.24, 2.45) is 11.8 Å². The molecule has 0 saturated carbocycles. The quantitative estimate of drug-likeness (QED) is 0.527. The lowest BCUT2D eigenvalue weighted by molar-refractivity contribution is -0.383. The average molecular weight is 371 g/mol. The Bertz CT molecular complexity index is 775. The molecule has 0 atom stereocenters. The van der Waals surface area contributed by atoms with Gasteiger partial charge in [0.25, 0.3) is 0 Å². The standard InChI is InChI=1S/C20H29N5O2/c1-13(2)10-24(11-14(3)4)20-18(25(26)27)19(21-12-22-20)23-17-8-15(5)7-16(6)9-17/h7-9,12-14H,10-11H2,1-6H3,(H,21,22,23). The third kappa shape index (κ3) is 5.64. The highest BCUT2D eigenvalue weighted by atomic mass is 16.6. The molecular weight excluding hydrogens is 342 g/mol. The SMILES string of the molecule is Cc1cc(C)cc(Nc2ncnc(N(CC(C)C)CC(C)C)c2[N+](=O)[O-])c1. The lowest BCUT2D eigenvalue weighted by atomic mass is 10.1. The molecule has 0 bridgehead atoms. The zero-order valence-electron chi connectivity index (χ0n) is 17.0. The van der Waals surface area contributed by atoms with Crippen LogP contribution in [0.5, 0.6) is 0 Å². The van der Waals surface area contributed by atoms with Crippen LogP contribution in [0.3, 0.4) is 0 Å². The summed E-state index contributed by atoms with van der Waals surface area (Å²) in [6.45, 7) is 13.7. The van der Waals surface area contributed by atoms with Crippen molar-refractivity contribution >= 4 is 23.0 Å². The van der Waals surface area contributed by atoms with Crippen molar-refractivity contribution in [3.8, 4) is 0 Å². The minimum atomic E-state index is -0.395. The highest BCUT2D eigenvalue weighted by molar-refractivity contribution is 5.74. The van der Waals surface area contributed by atoms with Gasteiger partial charge >= 0.3 is 5.69 Å². The molecule has 0 spiro atoms. The highest BCUT2D eigenvalue weighted by Crippen LogP contribution is 2.34. The topological polar surface area (TPSA) is 84.2 Å². The molecule has 0 amide bonds. The second-order valence-electron chi connectivity index (χ2n) is 7.85. The molecular formula is C20H29N5O2. The molecule has 2 aromatic rings. The summed E-state index contributed by atoms with van der Waals surface area (Å²) in [4.78, 5) is 21.9. The van der Waals surface area contributed by atoms with Crippen LogP contribution in [0.15, 0.2) is 24.5 Å². The fourth-order valence-corrected chi connectivity index (χ4v) is 3.17. The molecule has 0 fully saturated rings. The number of benzene rings is 1. The predicted molar refractivity (Wildman–Crippen MR) is 110 cm³/mol. The molecule has 0 radical (unpaired) electrons. The smallest absolute Gasteiger partial charge is 0.350 e. The minimum absolute atomic E-state index is 0.0852. The van der Waals surface area contributed by atoms with Gasteiger partial charge in [0.15, 0.2) is 0 Å². The summed E-state index contributed by atoms with van der Waals surface area (Å²) < 4.78 is 0. The minimum Gasteiger partial charge on any atom is -0.350 e. The molecule has 2 rings (SSSR count). The van der Waals surface area contributed by atoms with Crippen molar-refractivity contribution in [2.45, 2.75) is 41.5 Å². The number of nitro groups is 1. The number of hydrogen-bond acceptors (Lipinski definition) is 6. The molecule has 1 heterocycles. The maximum atomic E-state index is 11.9. The van der Waals surface area contributed by atoms with E-state index in [0.717, 1.165) is 16.8 Å². The Morgan fingerprint density at radius 3 is 2.07 bits per heavy atom. The van der Waals surface area contributed by atoms with Crippen LogP contribution in [0.1, 0.15) is 38.8 Å². The summed E-state index contributed by atoms with van der Waals surface area (Å²) in [5, 5.41) is 15.0. The Morgan fingerprint density at radius 1 is 1.04 bits per heavy atom. The van der Waals surface area contributed by atoms with E-state index in [1.165, 1.54) is 6.33 Å². The molecule has 1 aromatic heterocycles. The zero-order valence-corrected chi connectivity index (χ0v) is 17.0. The van der Waals surface area contributed by atoms with Gasteiger partial charge in [-0.1, -0.05) is 33.8 Å². The van der Waals surface area contributed by atoms with Crippen molar-refractivity contribution in [3.05, 3.63) is 45.8 Å². The summed E-state index contributed by atoms with van der Waals surface area (Å²) in [7, 11) is 0. The van der Waals surface area contributed by atoms with Crippen LogP contribution in [-0.2, 0) is 0 Å². The van der Waals surface area contributed by atoms with E-state index in [9.17, 15) is 10.1 Å². The average Bonchev–Trinajstić information content (AvgIpc) is 2.51. The molecule has 0 aliphatic carbocycles. The summed E-state index contributed by atoms with van der Waals surface area (Å²) in [6.07, 6.45) is 1.39. The largest absolute Gasteiger partial charge is 0.353 e. The third-order valence-electron chi connectivity index (χ3n) is 3.94. The Labute approximate surface area is 161 Å². The second kappa shape index (κ2) is 8.79. The first-order valence-electron chi connectivity index (χ1n) is 9.27. The van der Waals surface area contributed by atoms with Gasteiger partial charge in [0.05, 0.1) is 4.92 Å².